The normalized spacial score (nSPS) is 11.1. The SMILES string of the molecule is CN(c1ccccc1NC(=O)Cc1ccc(F)cc1)S(C)(=O)=O. The first kappa shape index (κ1) is 17.0. The van der Waals surface area contributed by atoms with Gasteiger partial charge in [-0.25, -0.2) is 12.8 Å². The van der Waals surface area contributed by atoms with E-state index in [1.165, 1.54) is 31.3 Å². The number of nitrogens with one attached hydrogen (secondary N) is 1. The minimum atomic E-state index is -3.44. The molecule has 5 nitrogen and oxygen atoms in total. The van der Waals surface area contributed by atoms with Gasteiger partial charge in [0.2, 0.25) is 15.9 Å². The molecule has 0 aliphatic carbocycles. The van der Waals surface area contributed by atoms with Gasteiger partial charge in [-0.05, 0) is 29.8 Å². The largest absolute Gasteiger partial charge is 0.324 e. The van der Waals surface area contributed by atoms with Crippen molar-refractivity contribution in [1.29, 1.82) is 0 Å². The van der Waals surface area contributed by atoms with Gasteiger partial charge in [-0.1, -0.05) is 24.3 Å². The number of hydrogen-bond donors (Lipinski definition) is 1. The number of carbonyl (C=O) groups is 1. The van der Waals surface area contributed by atoms with Crippen LogP contribution in [0.4, 0.5) is 15.8 Å². The van der Waals surface area contributed by atoms with Crippen LogP contribution in [0.1, 0.15) is 5.56 Å². The lowest BCUT2D eigenvalue weighted by molar-refractivity contribution is -0.115. The minimum Gasteiger partial charge on any atom is -0.324 e. The lowest BCUT2D eigenvalue weighted by Gasteiger charge is -2.20. The average molecular weight is 336 g/mol. The van der Waals surface area contributed by atoms with Gasteiger partial charge < -0.3 is 5.32 Å². The molecule has 0 bridgehead atoms. The third kappa shape index (κ3) is 4.53. The lowest BCUT2D eigenvalue weighted by atomic mass is 10.1. The Kier molecular flexibility index (Phi) is 5.00. The Hall–Kier alpha value is -2.41. The fourth-order valence-corrected chi connectivity index (χ4v) is 2.53. The maximum absolute atomic E-state index is 12.9. The number of amides is 1. The summed E-state index contributed by atoms with van der Waals surface area (Å²) < 4.78 is 37.3. The zero-order valence-corrected chi connectivity index (χ0v) is 13.6. The van der Waals surface area contributed by atoms with E-state index in [0.29, 0.717) is 16.9 Å². The van der Waals surface area contributed by atoms with Crippen LogP contribution in [0.3, 0.4) is 0 Å². The van der Waals surface area contributed by atoms with Crippen molar-refractivity contribution in [2.75, 3.05) is 22.9 Å². The van der Waals surface area contributed by atoms with E-state index in [2.05, 4.69) is 5.32 Å². The monoisotopic (exact) mass is 336 g/mol. The number of carbonyl (C=O) groups excluding carboxylic acids is 1. The summed E-state index contributed by atoms with van der Waals surface area (Å²) in [4.78, 5) is 12.1. The van der Waals surface area contributed by atoms with Crippen LogP contribution >= 0.6 is 0 Å². The number of para-hydroxylation sites is 2. The maximum Gasteiger partial charge on any atom is 0.232 e. The predicted molar refractivity (Wildman–Crippen MR) is 88.4 cm³/mol. The number of rotatable bonds is 5. The Morgan fingerprint density at radius 2 is 1.74 bits per heavy atom. The lowest BCUT2D eigenvalue weighted by Crippen LogP contribution is -2.26. The molecule has 0 aromatic heterocycles. The van der Waals surface area contributed by atoms with Gasteiger partial charge in [-0.2, -0.15) is 0 Å². The minimum absolute atomic E-state index is 0.0667. The van der Waals surface area contributed by atoms with Crippen molar-refractivity contribution < 1.29 is 17.6 Å². The molecular weight excluding hydrogens is 319 g/mol. The van der Waals surface area contributed by atoms with Crippen LogP contribution in [0, 0.1) is 5.82 Å². The van der Waals surface area contributed by atoms with Crippen molar-refractivity contribution in [2.24, 2.45) is 0 Å². The molecule has 0 aliphatic rings. The summed E-state index contributed by atoms with van der Waals surface area (Å²) in [5, 5.41) is 2.69. The van der Waals surface area contributed by atoms with Crippen LogP contribution in [-0.4, -0.2) is 27.6 Å². The molecule has 0 atom stereocenters. The third-order valence-electron chi connectivity index (χ3n) is 3.29. The molecule has 0 aliphatic heterocycles. The molecule has 2 aromatic rings. The van der Waals surface area contributed by atoms with Crippen molar-refractivity contribution >= 4 is 27.3 Å². The number of hydrogen-bond acceptors (Lipinski definition) is 3. The molecule has 0 spiro atoms. The van der Waals surface area contributed by atoms with Crippen LogP contribution < -0.4 is 9.62 Å². The van der Waals surface area contributed by atoms with Crippen molar-refractivity contribution in [2.45, 2.75) is 6.42 Å². The molecule has 7 heteroatoms. The Labute approximate surface area is 134 Å². The summed E-state index contributed by atoms with van der Waals surface area (Å²) in [7, 11) is -2.02. The quantitative estimate of drug-likeness (QED) is 0.912. The molecular formula is C16H17FN2O3S. The van der Waals surface area contributed by atoms with Crippen LogP contribution in [-0.2, 0) is 21.2 Å². The van der Waals surface area contributed by atoms with Gasteiger partial charge in [-0.15, -0.1) is 0 Å². The molecule has 0 unspecified atom stereocenters. The summed E-state index contributed by atoms with van der Waals surface area (Å²) >= 11 is 0. The van der Waals surface area contributed by atoms with E-state index in [4.69, 9.17) is 0 Å². The summed E-state index contributed by atoms with van der Waals surface area (Å²) in [6, 6.07) is 12.3. The Morgan fingerprint density at radius 3 is 2.35 bits per heavy atom. The van der Waals surface area contributed by atoms with E-state index in [9.17, 15) is 17.6 Å². The second kappa shape index (κ2) is 6.78. The smallest absolute Gasteiger partial charge is 0.232 e. The number of sulfonamides is 1. The van der Waals surface area contributed by atoms with Gasteiger partial charge >= 0.3 is 0 Å². The number of halogens is 1. The first-order valence-electron chi connectivity index (χ1n) is 6.84. The van der Waals surface area contributed by atoms with Crippen molar-refractivity contribution in [3.63, 3.8) is 0 Å². The molecule has 0 saturated carbocycles. The first-order chi connectivity index (χ1) is 10.8. The molecule has 0 heterocycles. The van der Waals surface area contributed by atoms with Gasteiger partial charge in [0.05, 0.1) is 24.1 Å². The molecule has 2 rings (SSSR count). The molecule has 1 amide bonds. The van der Waals surface area contributed by atoms with Gasteiger partial charge in [0.25, 0.3) is 0 Å². The second-order valence-corrected chi connectivity index (χ2v) is 7.11. The molecule has 0 fully saturated rings. The van der Waals surface area contributed by atoms with Gasteiger partial charge in [0, 0.05) is 7.05 Å². The highest BCUT2D eigenvalue weighted by molar-refractivity contribution is 7.92. The van der Waals surface area contributed by atoms with E-state index in [1.54, 1.807) is 24.3 Å². The third-order valence-corrected chi connectivity index (χ3v) is 4.48. The zero-order valence-electron chi connectivity index (χ0n) is 12.8. The molecule has 0 radical (unpaired) electrons. The molecule has 1 N–H and O–H groups in total. The topological polar surface area (TPSA) is 66.5 Å². The van der Waals surface area contributed by atoms with E-state index in [-0.39, 0.29) is 18.1 Å². The van der Waals surface area contributed by atoms with Crippen LogP contribution in [0.5, 0.6) is 0 Å². The van der Waals surface area contributed by atoms with Crippen molar-refractivity contribution in [3.8, 4) is 0 Å². The number of anilines is 2. The van der Waals surface area contributed by atoms with Crippen molar-refractivity contribution in [3.05, 3.63) is 59.9 Å². The van der Waals surface area contributed by atoms with Gasteiger partial charge in [0.1, 0.15) is 5.82 Å². The number of benzene rings is 2. The van der Waals surface area contributed by atoms with Crippen LogP contribution in [0.2, 0.25) is 0 Å². The number of nitrogens with zero attached hydrogens (tertiary/aromatic N) is 1. The Bertz CT molecular complexity index is 804. The molecule has 122 valence electrons. The molecule has 0 saturated heterocycles. The summed E-state index contributed by atoms with van der Waals surface area (Å²) in [6.45, 7) is 0. The van der Waals surface area contributed by atoms with E-state index in [1.807, 2.05) is 0 Å². The molecule has 23 heavy (non-hydrogen) atoms. The Balaban J connectivity index is 2.17. The highest BCUT2D eigenvalue weighted by Crippen LogP contribution is 2.26. The average Bonchev–Trinajstić information content (AvgIpc) is 2.48. The maximum atomic E-state index is 12.9. The Morgan fingerprint density at radius 1 is 1.13 bits per heavy atom. The van der Waals surface area contributed by atoms with Crippen LogP contribution in [0.15, 0.2) is 48.5 Å². The van der Waals surface area contributed by atoms with E-state index >= 15 is 0 Å². The predicted octanol–water partition coefficient (Wildman–Crippen LogP) is 2.40. The summed E-state index contributed by atoms with van der Waals surface area (Å²) in [5.41, 5.74) is 1.44. The first-order valence-corrected chi connectivity index (χ1v) is 8.69. The van der Waals surface area contributed by atoms with E-state index in [0.717, 1.165) is 10.6 Å². The van der Waals surface area contributed by atoms with Crippen molar-refractivity contribution in [1.82, 2.24) is 0 Å². The summed E-state index contributed by atoms with van der Waals surface area (Å²) in [6.07, 6.45) is 1.15. The van der Waals surface area contributed by atoms with Gasteiger partial charge in [0.15, 0.2) is 0 Å². The standard InChI is InChI=1S/C16H17FN2O3S/c1-19(23(2,21)22)15-6-4-3-5-14(15)18-16(20)11-12-7-9-13(17)10-8-12/h3-10H,11H2,1-2H3,(H,18,20). The van der Waals surface area contributed by atoms with Crippen LogP contribution in [0.25, 0.3) is 0 Å². The van der Waals surface area contributed by atoms with E-state index < -0.39 is 10.0 Å². The second-order valence-electron chi connectivity index (χ2n) is 5.10. The zero-order chi connectivity index (χ0) is 17.0. The highest BCUT2D eigenvalue weighted by Gasteiger charge is 2.16. The fourth-order valence-electron chi connectivity index (χ4n) is 2.01. The fraction of sp³-hybridized carbons (Fsp3) is 0.188. The highest BCUT2D eigenvalue weighted by atomic mass is 32.2. The summed E-state index contributed by atoms with van der Waals surface area (Å²) in [5.74, 6) is -0.680. The molecule has 2 aromatic carbocycles. The van der Waals surface area contributed by atoms with Gasteiger partial charge in [-0.3, -0.25) is 9.10 Å².